The van der Waals surface area contributed by atoms with Crippen molar-refractivity contribution >= 4 is 0 Å². The molecule has 1 aliphatic rings. The summed E-state index contributed by atoms with van der Waals surface area (Å²) in [7, 11) is 0. The molecule has 0 saturated carbocycles. The van der Waals surface area contributed by atoms with Gasteiger partial charge in [0.1, 0.15) is 11.8 Å². The van der Waals surface area contributed by atoms with Gasteiger partial charge in [0, 0.05) is 18.4 Å². The highest BCUT2D eigenvalue weighted by Gasteiger charge is 2.25. The van der Waals surface area contributed by atoms with Gasteiger partial charge in [-0.15, -0.1) is 0 Å². The largest absolute Gasteiger partial charge is 0.508 e. The van der Waals surface area contributed by atoms with Crippen LogP contribution in [0.2, 0.25) is 0 Å². The van der Waals surface area contributed by atoms with E-state index in [-0.39, 0.29) is 23.3 Å². The summed E-state index contributed by atoms with van der Waals surface area (Å²) in [6, 6.07) is 10.8. The second kappa shape index (κ2) is 5.06. The number of nitrogens with two attached hydrogens (primary N) is 1. The molecule has 0 fully saturated rings. The molecule has 5 N–H and O–H groups in total. The number of benzene rings is 2. The number of hydrogen-bond acceptors (Lipinski definition) is 3. The van der Waals surface area contributed by atoms with Crippen LogP contribution in [0.15, 0.2) is 36.4 Å². The Labute approximate surface area is 117 Å². The maximum atomic E-state index is 9.70. The van der Waals surface area contributed by atoms with Crippen LogP contribution >= 0.6 is 0 Å². The van der Waals surface area contributed by atoms with Crippen LogP contribution in [0.4, 0.5) is 0 Å². The molecule has 1 heterocycles. The molecular formula is C16H18NO3+. The third-order valence-electron chi connectivity index (χ3n) is 3.89. The third-order valence-corrected chi connectivity index (χ3v) is 3.89. The summed E-state index contributed by atoms with van der Waals surface area (Å²) in [5.74, 6) is 0.160. The number of phenolic OH excluding ortho intramolecular Hbond substituents is 3. The molecule has 0 saturated heterocycles. The maximum Gasteiger partial charge on any atom is 0.157 e. The zero-order valence-electron chi connectivity index (χ0n) is 11.1. The molecule has 20 heavy (non-hydrogen) atoms. The summed E-state index contributed by atoms with van der Waals surface area (Å²) in [5.41, 5.74) is 3.33. The number of hydrogen-bond donors (Lipinski definition) is 4. The fraction of sp³-hybridized carbons (Fsp3) is 0.250. The van der Waals surface area contributed by atoms with Gasteiger partial charge in [-0.2, -0.15) is 0 Å². The van der Waals surface area contributed by atoms with Crippen molar-refractivity contribution in [2.24, 2.45) is 0 Å². The van der Waals surface area contributed by atoms with Crippen molar-refractivity contribution in [3.05, 3.63) is 53.1 Å². The summed E-state index contributed by atoms with van der Waals surface area (Å²) < 4.78 is 0. The maximum absolute atomic E-state index is 9.70. The van der Waals surface area contributed by atoms with Gasteiger partial charge in [0.05, 0.1) is 6.54 Å². The Morgan fingerprint density at radius 2 is 1.70 bits per heavy atom. The number of phenols is 3. The summed E-state index contributed by atoms with van der Waals surface area (Å²) in [6.07, 6.45) is 1.73. The van der Waals surface area contributed by atoms with Crippen LogP contribution in [-0.4, -0.2) is 21.9 Å². The lowest BCUT2D eigenvalue weighted by molar-refractivity contribution is -0.698. The van der Waals surface area contributed by atoms with E-state index in [9.17, 15) is 15.3 Å². The van der Waals surface area contributed by atoms with E-state index in [1.165, 1.54) is 0 Å². The summed E-state index contributed by atoms with van der Waals surface area (Å²) in [6.45, 7) is 0.972. The first kappa shape index (κ1) is 12.8. The van der Waals surface area contributed by atoms with E-state index in [0.29, 0.717) is 0 Å². The quantitative estimate of drug-likeness (QED) is 0.621. The Morgan fingerprint density at radius 1 is 1.00 bits per heavy atom. The van der Waals surface area contributed by atoms with Gasteiger partial charge >= 0.3 is 0 Å². The van der Waals surface area contributed by atoms with Crippen LogP contribution in [0, 0.1) is 0 Å². The van der Waals surface area contributed by atoms with E-state index in [1.54, 1.807) is 24.3 Å². The lowest BCUT2D eigenvalue weighted by Gasteiger charge is -2.24. The molecular weight excluding hydrogens is 254 g/mol. The summed E-state index contributed by atoms with van der Waals surface area (Å²) >= 11 is 0. The molecule has 4 nitrogen and oxygen atoms in total. The van der Waals surface area contributed by atoms with Gasteiger partial charge in [0.15, 0.2) is 11.5 Å². The summed E-state index contributed by atoms with van der Waals surface area (Å²) in [4.78, 5) is 0. The van der Waals surface area contributed by atoms with Crippen molar-refractivity contribution in [2.45, 2.75) is 18.9 Å². The van der Waals surface area contributed by atoms with E-state index in [4.69, 9.17) is 0 Å². The molecule has 0 spiro atoms. The van der Waals surface area contributed by atoms with Crippen molar-refractivity contribution < 1.29 is 20.6 Å². The number of aromatic hydroxyl groups is 3. The lowest BCUT2D eigenvalue weighted by atomic mass is 9.90. The second-order valence-corrected chi connectivity index (χ2v) is 5.29. The van der Waals surface area contributed by atoms with E-state index in [1.807, 2.05) is 12.1 Å². The minimum Gasteiger partial charge on any atom is -0.508 e. The predicted molar refractivity (Wildman–Crippen MR) is 74.8 cm³/mol. The highest BCUT2D eigenvalue weighted by Crippen LogP contribution is 2.33. The first-order valence-corrected chi connectivity index (χ1v) is 6.79. The zero-order valence-corrected chi connectivity index (χ0v) is 11.1. The molecule has 104 valence electrons. The Morgan fingerprint density at radius 3 is 2.45 bits per heavy atom. The molecule has 1 unspecified atom stereocenters. The minimum atomic E-state index is -0.0604. The van der Waals surface area contributed by atoms with Gasteiger partial charge in [-0.05, 0) is 35.4 Å². The topological polar surface area (TPSA) is 77.3 Å². The van der Waals surface area contributed by atoms with Gasteiger partial charge in [-0.3, -0.25) is 0 Å². The highest BCUT2D eigenvalue weighted by atomic mass is 16.3. The normalized spacial score (nSPS) is 17.7. The van der Waals surface area contributed by atoms with Gasteiger partial charge in [-0.1, -0.05) is 12.1 Å². The van der Waals surface area contributed by atoms with Crippen LogP contribution in [0.3, 0.4) is 0 Å². The SMILES string of the molecule is Oc1ccc(CC2[NH2+]CCc3cc(O)c(O)cc32)cc1. The first-order valence-electron chi connectivity index (χ1n) is 6.79. The molecule has 3 rings (SSSR count). The summed E-state index contributed by atoms with van der Waals surface area (Å²) in [5, 5.41) is 30.9. The first-order chi connectivity index (χ1) is 9.63. The lowest BCUT2D eigenvalue weighted by Crippen LogP contribution is -2.87. The Hall–Kier alpha value is -2.20. The Balaban J connectivity index is 1.89. The molecule has 2 aromatic rings. The van der Waals surface area contributed by atoms with Gasteiger partial charge in [0.25, 0.3) is 0 Å². The Bertz CT molecular complexity index is 622. The molecule has 1 aliphatic heterocycles. The minimum absolute atomic E-state index is 0.0472. The highest BCUT2D eigenvalue weighted by molar-refractivity contribution is 5.47. The molecule has 0 bridgehead atoms. The van der Waals surface area contributed by atoms with Gasteiger partial charge in [-0.25, -0.2) is 0 Å². The molecule has 2 aromatic carbocycles. The van der Waals surface area contributed by atoms with E-state index >= 15 is 0 Å². The average Bonchev–Trinajstić information content (AvgIpc) is 2.43. The van der Waals surface area contributed by atoms with Crippen molar-refractivity contribution in [3.8, 4) is 17.2 Å². The van der Waals surface area contributed by atoms with Crippen LogP contribution in [0.1, 0.15) is 22.7 Å². The van der Waals surface area contributed by atoms with Crippen LogP contribution in [0.25, 0.3) is 0 Å². The number of fused-ring (bicyclic) bond motifs is 1. The van der Waals surface area contributed by atoms with Crippen LogP contribution < -0.4 is 5.32 Å². The fourth-order valence-electron chi connectivity index (χ4n) is 2.84. The fourth-order valence-corrected chi connectivity index (χ4v) is 2.84. The van der Waals surface area contributed by atoms with E-state index in [2.05, 4.69) is 5.32 Å². The van der Waals surface area contributed by atoms with Gasteiger partial charge in [0.2, 0.25) is 0 Å². The van der Waals surface area contributed by atoms with Crippen molar-refractivity contribution in [2.75, 3.05) is 6.54 Å². The molecule has 0 amide bonds. The second-order valence-electron chi connectivity index (χ2n) is 5.29. The Kier molecular flexibility index (Phi) is 3.24. The molecule has 1 atom stereocenters. The smallest absolute Gasteiger partial charge is 0.157 e. The third kappa shape index (κ3) is 2.42. The standard InChI is InChI=1S/C16H17NO3/c18-12-3-1-10(2-4-12)7-14-13-9-16(20)15(19)8-11(13)5-6-17-14/h1-4,8-9,14,17-20H,5-7H2/p+1. The van der Waals surface area contributed by atoms with Crippen LogP contribution in [0.5, 0.6) is 17.2 Å². The van der Waals surface area contributed by atoms with Crippen LogP contribution in [-0.2, 0) is 12.8 Å². The number of rotatable bonds is 2. The monoisotopic (exact) mass is 272 g/mol. The average molecular weight is 272 g/mol. The molecule has 0 radical (unpaired) electrons. The molecule has 4 heteroatoms. The number of quaternary nitrogens is 1. The predicted octanol–water partition coefficient (Wildman–Crippen LogP) is 1.21. The molecule has 0 aliphatic carbocycles. The zero-order chi connectivity index (χ0) is 14.1. The van der Waals surface area contributed by atoms with E-state index in [0.717, 1.165) is 36.1 Å². The van der Waals surface area contributed by atoms with Crippen molar-refractivity contribution in [3.63, 3.8) is 0 Å². The van der Waals surface area contributed by atoms with Crippen molar-refractivity contribution in [1.82, 2.24) is 0 Å². The van der Waals surface area contributed by atoms with E-state index < -0.39 is 0 Å². The van der Waals surface area contributed by atoms with Crippen molar-refractivity contribution in [1.29, 1.82) is 0 Å². The molecule has 0 aromatic heterocycles. The van der Waals surface area contributed by atoms with Gasteiger partial charge < -0.3 is 20.6 Å².